The van der Waals surface area contributed by atoms with Crippen LogP contribution >= 0.6 is 23.2 Å². The number of likely N-dealkylation sites (N-methyl/N-ethyl adjacent to an activating group) is 1. The van der Waals surface area contributed by atoms with E-state index in [2.05, 4.69) is 46.2 Å². The van der Waals surface area contributed by atoms with E-state index in [0.29, 0.717) is 28.2 Å². The Morgan fingerprint density at radius 1 is 0.923 bits per heavy atom. The van der Waals surface area contributed by atoms with E-state index in [9.17, 15) is 0 Å². The first-order valence-electron chi connectivity index (χ1n) is 13.6. The fourth-order valence-corrected chi connectivity index (χ4v) is 7.02. The number of aromatic nitrogens is 2. The number of nitrogens with one attached hydrogen (secondary N) is 1. The molecule has 202 valence electrons. The van der Waals surface area contributed by atoms with E-state index in [1.165, 1.54) is 12.8 Å². The van der Waals surface area contributed by atoms with Crippen LogP contribution in [-0.2, 0) is 0 Å². The van der Waals surface area contributed by atoms with Gasteiger partial charge in [-0.05, 0) is 61.5 Å². The number of methoxy groups -OCH3 is 1. The molecule has 3 fully saturated rings. The molecule has 2 atom stereocenters. The van der Waals surface area contributed by atoms with Crippen molar-refractivity contribution in [1.82, 2.24) is 20.2 Å². The Labute approximate surface area is 238 Å². The fraction of sp³-hybridized carbons (Fsp3) is 0.400. The van der Waals surface area contributed by atoms with Gasteiger partial charge in [0.05, 0.1) is 22.7 Å². The molecule has 0 radical (unpaired) electrons. The summed E-state index contributed by atoms with van der Waals surface area (Å²) in [6, 6.07) is 15.7. The molecule has 0 amide bonds. The summed E-state index contributed by atoms with van der Waals surface area (Å²) < 4.78 is 5.64. The van der Waals surface area contributed by atoms with Gasteiger partial charge in [-0.2, -0.15) is 4.98 Å². The lowest BCUT2D eigenvalue weighted by molar-refractivity contribution is 0.245. The minimum absolute atomic E-state index is 0.479. The van der Waals surface area contributed by atoms with Gasteiger partial charge in [0.2, 0.25) is 5.95 Å². The molecule has 3 aromatic carbocycles. The summed E-state index contributed by atoms with van der Waals surface area (Å²) in [6.45, 7) is 3.62. The van der Waals surface area contributed by atoms with Gasteiger partial charge >= 0.3 is 0 Å². The summed E-state index contributed by atoms with van der Waals surface area (Å²) in [4.78, 5) is 17.1. The predicted octanol–water partition coefficient (Wildman–Crippen LogP) is 5.46. The Morgan fingerprint density at radius 3 is 2.38 bits per heavy atom. The van der Waals surface area contributed by atoms with Crippen molar-refractivity contribution in [3.8, 4) is 16.9 Å². The first-order chi connectivity index (χ1) is 18.9. The highest BCUT2D eigenvalue weighted by Gasteiger charge is 2.36. The minimum atomic E-state index is 0.479. The molecule has 7 rings (SSSR count). The van der Waals surface area contributed by atoms with Crippen molar-refractivity contribution in [1.29, 1.82) is 0 Å². The molecule has 7 nitrogen and oxygen atoms in total. The topological polar surface area (TPSA) is 56.8 Å². The molecule has 9 heteroatoms. The minimum Gasteiger partial charge on any atom is -0.497 e. The molecule has 2 unspecified atom stereocenters. The van der Waals surface area contributed by atoms with Crippen molar-refractivity contribution >= 4 is 56.6 Å². The highest BCUT2D eigenvalue weighted by atomic mass is 35.5. The smallest absolute Gasteiger partial charge is 0.228 e. The maximum atomic E-state index is 7.30. The molecule has 39 heavy (non-hydrogen) atoms. The Kier molecular flexibility index (Phi) is 6.23. The maximum absolute atomic E-state index is 7.30. The zero-order chi connectivity index (χ0) is 26.8. The van der Waals surface area contributed by atoms with Crippen molar-refractivity contribution in [2.45, 2.75) is 31.0 Å². The first kappa shape index (κ1) is 25.1. The van der Waals surface area contributed by atoms with Gasteiger partial charge in [-0.15, -0.1) is 0 Å². The second kappa shape index (κ2) is 9.66. The molecule has 4 aromatic rings. The van der Waals surface area contributed by atoms with Gasteiger partial charge < -0.3 is 24.8 Å². The van der Waals surface area contributed by atoms with Crippen LogP contribution in [0, 0.1) is 0 Å². The Bertz CT molecular complexity index is 1580. The molecule has 0 spiro atoms. The summed E-state index contributed by atoms with van der Waals surface area (Å²) >= 11 is 14.4. The van der Waals surface area contributed by atoms with Crippen molar-refractivity contribution in [2.75, 3.05) is 57.2 Å². The van der Waals surface area contributed by atoms with Crippen LogP contribution in [-0.4, -0.2) is 80.4 Å². The third kappa shape index (κ3) is 4.27. The number of rotatable bonds is 5. The molecule has 3 aliphatic heterocycles. The van der Waals surface area contributed by atoms with Crippen LogP contribution in [0.2, 0.25) is 10.0 Å². The Hall–Kier alpha value is -2.84. The molecule has 2 bridgehead atoms. The summed E-state index contributed by atoms with van der Waals surface area (Å²) in [5, 5.41) is 7.88. The van der Waals surface area contributed by atoms with E-state index in [4.69, 9.17) is 37.9 Å². The lowest BCUT2D eigenvalue weighted by Gasteiger charge is -2.43. The van der Waals surface area contributed by atoms with E-state index in [0.717, 1.165) is 76.5 Å². The second-order valence-electron chi connectivity index (χ2n) is 11.3. The van der Waals surface area contributed by atoms with Gasteiger partial charge in [-0.25, -0.2) is 4.98 Å². The number of ether oxygens (including phenoxy) is 1. The monoisotopic (exact) mass is 562 g/mol. The second-order valence-corrected chi connectivity index (χ2v) is 12.0. The number of nitrogens with zero attached hydrogens (tertiary/aromatic N) is 5. The number of hydrogen-bond donors (Lipinski definition) is 1. The molecule has 3 aliphatic rings. The van der Waals surface area contributed by atoms with E-state index in [1.54, 1.807) is 7.11 Å². The number of piperazine rings is 1. The van der Waals surface area contributed by atoms with Crippen LogP contribution in [0.5, 0.6) is 5.75 Å². The van der Waals surface area contributed by atoms with Gasteiger partial charge in [0, 0.05) is 55.3 Å². The highest BCUT2D eigenvalue weighted by Crippen LogP contribution is 2.46. The van der Waals surface area contributed by atoms with Gasteiger partial charge in [0.25, 0.3) is 0 Å². The van der Waals surface area contributed by atoms with Gasteiger partial charge in [0.15, 0.2) is 0 Å². The number of anilines is 2. The van der Waals surface area contributed by atoms with E-state index in [1.807, 2.05) is 30.3 Å². The molecule has 4 heterocycles. The molecule has 0 saturated carbocycles. The van der Waals surface area contributed by atoms with Gasteiger partial charge in [-0.1, -0.05) is 47.5 Å². The van der Waals surface area contributed by atoms with Crippen LogP contribution in [0.3, 0.4) is 0 Å². The van der Waals surface area contributed by atoms with Crippen molar-refractivity contribution < 1.29 is 4.74 Å². The SMILES string of the molecule is COc1cc(-c2c(Cl)cc3c(N4CC5CCC(C4)N5)nc(N4CC(N(C)C)C4)nc3c2Cl)c2ccccc2c1. The van der Waals surface area contributed by atoms with E-state index >= 15 is 0 Å². The third-order valence-corrected chi connectivity index (χ3v) is 9.25. The van der Waals surface area contributed by atoms with Gasteiger partial charge in [-0.3, -0.25) is 0 Å². The molecule has 0 aliphatic carbocycles. The third-order valence-electron chi connectivity index (χ3n) is 8.58. The van der Waals surface area contributed by atoms with Crippen LogP contribution in [0.25, 0.3) is 32.8 Å². The predicted molar refractivity (Wildman–Crippen MR) is 161 cm³/mol. The normalized spacial score (nSPS) is 21.3. The van der Waals surface area contributed by atoms with Crippen LogP contribution in [0.15, 0.2) is 42.5 Å². The molecule has 1 N–H and O–H groups in total. The van der Waals surface area contributed by atoms with Crippen molar-refractivity contribution in [3.05, 3.63) is 52.5 Å². The van der Waals surface area contributed by atoms with E-state index < -0.39 is 0 Å². The number of halogens is 2. The molecule has 3 saturated heterocycles. The Balaban J connectivity index is 1.43. The largest absolute Gasteiger partial charge is 0.497 e. The summed E-state index contributed by atoms with van der Waals surface area (Å²) in [5.74, 6) is 2.41. The maximum Gasteiger partial charge on any atom is 0.228 e. The first-order valence-corrected chi connectivity index (χ1v) is 14.3. The highest BCUT2D eigenvalue weighted by molar-refractivity contribution is 6.43. The lowest BCUT2D eigenvalue weighted by Crippen LogP contribution is -2.58. The number of fused-ring (bicyclic) bond motifs is 4. The lowest BCUT2D eigenvalue weighted by atomic mass is 9.96. The zero-order valence-electron chi connectivity index (χ0n) is 22.4. The van der Waals surface area contributed by atoms with E-state index in [-0.39, 0.29) is 0 Å². The zero-order valence-corrected chi connectivity index (χ0v) is 23.9. The summed E-state index contributed by atoms with van der Waals surface area (Å²) in [5.41, 5.74) is 2.44. The van der Waals surface area contributed by atoms with Crippen molar-refractivity contribution in [2.24, 2.45) is 0 Å². The van der Waals surface area contributed by atoms with Crippen LogP contribution in [0.4, 0.5) is 11.8 Å². The number of hydrogen-bond acceptors (Lipinski definition) is 7. The fourth-order valence-electron chi connectivity index (χ4n) is 6.32. The van der Waals surface area contributed by atoms with Crippen molar-refractivity contribution in [3.63, 3.8) is 0 Å². The average molecular weight is 564 g/mol. The van der Waals surface area contributed by atoms with Crippen LogP contribution < -0.4 is 19.9 Å². The summed E-state index contributed by atoms with van der Waals surface area (Å²) in [7, 11) is 5.92. The van der Waals surface area contributed by atoms with Crippen LogP contribution in [0.1, 0.15) is 12.8 Å². The summed E-state index contributed by atoms with van der Waals surface area (Å²) in [6.07, 6.45) is 2.39. The molecular formula is C30H32Cl2N6O. The Morgan fingerprint density at radius 2 is 1.67 bits per heavy atom. The average Bonchev–Trinajstić information content (AvgIpc) is 3.24. The standard InChI is InChI=1S/C30H32Cl2N6O/c1-36(2)20-15-38(16-20)30-34-28-24(29(35-30)37-13-18-8-9-19(14-37)33-18)12-25(31)26(27(28)32)23-11-21(39-3)10-17-6-4-5-7-22(17)23/h4-7,10-12,18-20,33H,8-9,13-16H2,1-3H3. The quantitative estimate of drug-likeness (QED) is 0.346. The van der Waals surface area contributed by atoms with Gasteiger partial charge in [0.1, 0.15) is 11.6 Å². The molecule has 1 aromatic heterocycles. The number of benzene rings is 3. The molecular weight excluding hydrogens is 531 g/mol.